The van der Waals surface area contributed by atoms with Crippen LogP contribution in [0.2, 0.25) is 0 Å². The van der Waals surface area contributed by atoms with Crippen LogP contribution < -0.4 is 16.5 Å². The molecule has 0 fully saturated rings. The Bertz CT molecular complexity index is 976. The largest absolute Gasteiger partial charge is 0.508 e. The van der Waals surface area contributed by atoms with E-state index in [1.54, 1.807) is 41.9 Å². The molecule has 0 unspecified atom stereocenters. The number of carbonyl (C=O) groups excluding carboxylic acids is 1. The Kier molecular flexibility index (Phi) is 3.50. The maximum atomic E-state index is 12.6. The minimum absolute atomic E-state index is 0.0127. The Hall–Kier alpha value is -3.28. The van der Waals surface area contributed by atoms with Crippen LogP contribution in [0.5, 0.6) is 5.75 Å². The van der Waals surface area contributed by atoms with Crippen molar-refractivity contribution in [1.82, 2.24) is 4.57 Å². The van der Waals surface area contributed by atoms with Gasteiger partial charge in [0.05, 0.1) is 10.9 Å². The fourth-order valence-electron chi connectivity index (χ4n) is 2.50. The van der Waals surface area contributed by atoms with Crippen LogP contribution in [0, 0.1) is 0 Å². The fraction of sp³-hybridized carbons (Fsp3) is 0.0588. The topological polar surface area (TPSA) is 97.4 Å². The number of hydrogen-bond donors (Lipinski definition) is 3. The van der Waals surface area contributed by atoms with E-state index in [1.165, 1.54) is 18.3 Å². The van der Waals surface area contributed by atoms with Crippen molar-refractivity contribution in [1.29, 1.82) is 0 Å². The van der Waals surface area contributed by atoms with E-state index in [9.17, 15) is 14.7 Å². The van der Waals surface area contributed by atoms with E-state index in [4.69, 9.17) is 5.73 Å². The van der Waals surface area contributed by atoms with Gasteiger partial charge in [-0.05, 0) is 24.3 Å². The van der Waals surface area contributed by atoms with Gasteiger partial charge in [0.1, 0.15) is 11.3 Å². The summed E-state index contributed by atoms with van der Waals surface area (Å²) in [4.78, 5) is 25.0. The first-order chi connectivity index (χ1) is 11.0. The summed E-state index contributed by atoms with van der Waals surface area (Å²) < 4.78 is 1.68. The third-order valence-corrected chi connectivity index (χ3v) is 3.60. The molecule has 0 radical (unpaired) electrons. The second kappa shape index (κ2) is 5.49. The van der Waals surface area contributed by atoms with Gasteiger partial charge in [-0.1, -0.05) is 12.1 Å². The van der Waals surface area contributed by atoms with E-state index in [-0.39, 0.29) is 11.3 Å². The van der Waals surface area contributed by atoms with E-state index in [0.717, 1.165) is 0 Å². The number of nitrogen functional groups attached to an aromatic ring is 1. The van der Waals surface area contributed by atoms with Crippen molar-refractivity contribution >= 4 is 28.2 Å². The van der Waals surface area contributed by atoms with Crippen molar-refractivity contribution in [2.24, 2.45) is 7.05 Å². The lowest BCUT2D eigenvalue weighted by Crippen LogP contribution is -2.24. The molecule has 4 N–H and O–H groups in total. The Balaban J connectivity index is 2.10. The number of aromatic nitrogens is 1. The SMILES string of the molecule is Cn1cc(C(=O)Nc2cccc(O)c2)c(=O)c2c(N)cccc21. The first-order valence-electron chi connectivity index (χ1n) is 6.95. The quantitative estimate of drug-likeness (QED) is 0.631. The Labute approximate surface area is 131 Å². The number of hydrogen-bond acceptors (Lipinski definition) is 4. The summed E-state index contributed by atoms with van der Waals surface area (Å²) in [5.74, 6) is -0.528. The zero-order valence-corrected chi connectivity index (χ0v) is 12.4. The molecule has 0 aliphatic carbocycles. The second-order valence-corrected chi connectivity index (χ2v) is 5.23. The second-order valence-electron chi connectivity index (χ2n) is 5.23. The number of fused-ring (bicyclic) bond motifs is 1. The fourth-order valence-corrected chi connectivity index (χ4v) is 2.50. The van der Waals surface area contributed by atoms with Crippen molar-refractivity contribution in [2.45, 2.75) is 0 Å². The Morgan fingerprint density at radius 3 is 2.70 bits per heavy atom. The van der Waals surface area contributed by atoms with Crippen molar-refractivity contribution < 1.29 is 9.90 Å². The van der Waals surface area contributed by atoms with Crippen LogP contribution in [0.15, 0.2) is 53.5 Å². The molecule has 3 rings (SSSR count). The Morgan fingerprint density at radius 1 is 1.22 bits per heavy atom. The van der Waals surface area contributed by atoms with Gasteiger partial charge in [-0.25, -0.2) is 0 Å². The van der Waals surface area contributed by atoms with Crippen LogP contribution >= 0.6 is 0 Å². The maximum absolute atomic E-state index is 12.6. The average Bonchev–Trinajstić information content (AvgIpc) is 2.50. The van der Waals surface area contributed by atoms with Gasteiger partial charge in [0, 0.05) is 30.7 Å². The molecule has 0 aliphatic heterocycles. The number of nitrogens with zero attached hydrogens (tertiary/aromatic N) is 1. The lowest BCUT2D eigenvalue weighted by molar-refractivity contribution is 0.102. The summed E-state index contributed by atoms with van der Waals surface area (Å²) in [7, 11) is 1.74. The first kappa shape index (κ1) is 14.6. The first-order valence-corrected chi connectivity index (χ1v) is 6.95. The van der Waals surface area contributed by atoms with Crippen molar-refractivity contribution in [3.8, 4) is 5.75 Å². The van der Waals surface area contributed by atoms with Crippen LogP contribution in [0.3, 0.4) is 0 Å². The molecule has 2 aromatic carbocycles. The predicted molar refractivity (Wildman–Crippen MR) is 89.7 cm³/mol. The summed E-state index contributed by atoms with van der Waals surface area (Å²) in [5.41, 5.74) is 6.84. The van der Waals surface area contributed by atoms with E-state index >= 15 is 0 Å². The number of carbonyl (C=O) groups is 1. The number of benzene rings is 2. The Morgan fingerprint density at radius 2 is 1.96 bits per heavy atom. The van der Waals surface area contributed by atoms with Crippen LogP contribution in [-0.2, 0) is 7.05 Å². The third kappa shape index (κ3) is 2.62. The standard InChI is InChI=1S/C17H15N3O3/c1-20-9-12(16(22)15-13(18)6-3-7-14(15)20)17(23)19-10-4-2-5-11(21)8-10/h2-9,21H,18H2,1H3,(H,19,23). The number of phenols is 1. The number of phenolic OH excluding ortho intramolecular Hbond substituents is 1. The molecule has 23 heavy (non-hydrogen) atoms. The zero-order chi connectivity index (χ0) is 16.6. The van der Waals surface area contributed by atoms with Crippen LogP contribution in [-0.4, -0.2) is 15.6 Å². The minimum Gasteiger partial charge on any atom is -0.508 e. The number of pyridine rings is 1. The van der Waals surface area contributed by atoms with Gasteiger partial charge in [0.15, 0.2) is 0 Å². The monoisotopic (exact) mass is 309 g/mol. The highest BCUT2D eigenvalue weighted by Gasteiger charge is 2.16. The molecule has 3 aromatic rings. The van der Waals surface area contributed by atoms with Crippen LogP contribution in [0.4, 0.5) is 11.4 Å². The molecule has 0 spiro atoms. The lowest BCUT2D eigenvalue weighted by atomic mass is 10.1. The van der Waals surface area contributed by atoms with Gasteiger partial charge < -0.3 is 20.7 Å². The van der Waals surface area contributed by atoms with Gasteiger partial charge in [-0.3, -0.25) is 9.59 Å². The maximum Gasteiger partial charge on any atom is 0.261 e. The number of rotatable bonds is 2. The van der Waals surface area contributed by atoms with Gasteiger partial charge in [-0.2, -0.15) is 0 Å². The summed E-state index contributed by atoms with van der Waals surface area (Å²) >= 11 is 0. The molecule has 6 heteroatoms. The molecule has 1 amide bonds. The molecule has 0 aliphatic rings. The highest BCUT2D eigenvalue weighted by atomic mass is 16.3. The van der Waals surface area contributed by atoms with Gasteiger partial charge in [0.2, 0.25) is 5.43 Å². The minimum atomic E-state index is -0.554. The number of aryl methyl sites for hydroxylation is 1. The highest BCUT2D eigenvalue weighted by molar-refractivity contribution is 6.06. The van der Waals surface area contributed by atoms with E-state index in [0.29, 0.717) is 22.3 Å². The molecule has 0 bridgehead atoms. The van der Waals surface area contributed by atoms with Crippen molar-refractivity contribution in [3.05, 3.63) is 64.4 Å². The van der Waals surface area contributed by atoms with Gasteiger partial charge in [-0.15, -0.1) is 0 Å². The summed E-state index contributed by atoms with van der Waals surface area (Å²) in [6.45, 7) is 0. The van der Waals surface area contributed by atoms with Crippen LogP contribution in [0.25, 0.3) is 10.9 Å². The van der Waals surface area contributed by atoms with E-state index in [2.05, 4.69) is 5.32 Å². The molecule has 116 valence electrons. The van der Waals surface area contributed by atoms with Gasteiger partial charge in [0.25, 0.3) is 5.91 Å². The average molecular weight is 309 g/mol. The summed E-state index contributed by atoms with van der Waals surface area (Å²) in [5, 5.41) is 12.4. The van der Waals surface area contributed by atoms with E-state index in [1.807, 2.05) is 0 Å². The van der Waals surface area contributed by atoms with Crippen molar-refractivity contribution in [2.75, 3.05) is 11.1 Å². The molecule has 0 atom stereocenters. The number of nitrogens with two attached hydrogens (primary N) is 1. The zero-order valence-electron chi connectivity index (χ0n) is 12.4. The smallest absolute Gasteiger partial charge is 0.261 e. The molecule has 1 heterocycles. The summed E-state index contributed by atoms with van der Waals surface area (Å²) in [6.07, 6.45) is 1.47. The number of anilines is 2. The predicted octanol–water partition coefficient (Wildman–Crippen LogP) is 2.08. The molecular formula is C17H15N3O3. The molecule has 1 aromatic heterocycles. The molecule has 6 nitrogen and oxygen atoms in total. The molecule has 0 saturated heterocycles. The van der Waals surface area contributed by atoms with Crippen molar-refractivity contribution in [3.63, 3.8) is 0 Å². The molecule has 0 saturated carbocycles. The van der Waals surface area contributed by atoms with Crippen LogP contribution in [0.1, 0.15) is 10.4 Å². The summed E-state index contributed by atoms with van der Waals surface area (Å²) in [6, 6.07) is 11.3. The number of nitrogens with one attached hydrogen (secondary N) is 1. The third-order valence-electron chi connectivity index (χ3n) is 3.60. The normalized spacial score (nSPS) is 10.7. The number of amides is 1. The highest BCUT2D eigenvalue weighted by Crippen LogP contribution is 2.19. The van der Waals surface area contributed by atoms with Gasteiger partial charge >= 0.3 is 0 Å². The number of aromatic hydroxyl groups is 1. The molecular weight excluding hydrogens is 294 g/mol. The lowest BCUT2D eigenvalue weighted by Gasteiger charge is -2.11. The van der Waals surface area contributed by atoms with E-state index < -0.39 is 11.3 Å².